The molecule has 2 rings (SSSR count). The highest BCUT2D eigenvalue weighted by Crippen LogP contribution is 2.32. The van der Waals surface area contributed by atoms with Crippen molar-refractivity contribution in [1.29, 1.82) is 0 Å². The van der Waals surface area contributed by atoms with E-state index in [0.29, 0.717) is 13.2 Å². The van der Waals surface area contributed by atoms with E-state index in [4.69, 9.17) is 18.7 Å². The molecule has 164 valence electrons. The summed E-state index contributed by atoms with van der Waals surface area (Å²) in [5.74, 6) is -2.05. The molecule has 10 nitrogen and oxygen atoms in total. The van der Waals surface area contributed by atoms with E-state index in [2.05, 4.69) is 5.16 Å². The van der Waals surface area contributed by atoms with Crippen molar-refractivity contribution in [3.05, 3.63) is 11.8 Å². The molecule has 1 saturated heterocycles. The number of aliphatic carboxylic acids is 1. The van der Waals surface area contributed by atoms with E-state index in [1.165, 1.54) is 11.0 Å². The number of aliphatic hydroxyl groups is 1. The summed E-state index contributed by atoms with van der Waals surface area (Å²) >= 11 is 0. The van der Waals surface area contributed by atoms with E-state index in [1.807, 2.05) is 27.7 Å². The Balaban J connectivity index is 2.11. The molecule has 1 aromatic rings. The number of rotatable bonds is 11. The lowest BCUT2D eigenvalue weighted by Gasteiger charge is -2.27. The molecule has 3 atom stereocenters. The molecule has 0 unspecified atom stereocenters. The molecule has 29 heavy (non-hydrogen) atoms. The third kappa shape index (κ3) is 5.91. The Hall–Kier alpha value is -2.17. The average molecular weight is 414 g/mol. The molecular weight excluding hydrogens is 384 g/mol. The van der Waals surface area contributed by atoms with Crippen LogP contribution in [0.15, 0.2) is 10.6 Å². The number of aliphatic hydroxyl groups excluding tert-OH is 1. The summed E-state index contributed by atoms with van der Waals surface area (Å²) in [6, 6.07) is 0.454. The van der Waals surface area contributed by atoms with Crippen molar-refractivity contribution in [1.82, 2.24) is 10.1 Å². The van der Waals surface area contributed by atoms with Gasteiger partial charge in [-0.05, 0) is 24.9 Å². The van der Waals surface area contributed by atoms with Crippen LogP contribution in [0.4, 0.5) is 0 Å². The molecule has 0 radical (unpaired) electrons. The van der Waals surface area contributed by atoms with Gasteiger partial charge in [0.2, 0.25) is 5.91 Å². The Bertz CT molecular complexity index is 671. The van der Waals surface area contributed by atoms with Crippen molar-refractivity contribution < 1.29 is 38.5 Å². The van der Waals surface area contributed by atoms with Gasteiger partial charge < -0.3 is 33.8 Å². The fourth-order valence-electron chi connectivity index (χ4n) is 3.36. The molecule has 1 aliphatic heterocycles. The number of amides is 1. The van der Waals surface area contributed by atoms with Gasteiger partial charge in [-0.2, -0.15) is 0 Å². The molecule has 2 heterocycles. The van der Waals surface area contributed by atoms with Gasteiger partial charge in [-0.1, -0.05) is 13.8 Å². The monoisotopic (exact) mass is 414 g/mol. The maximum atomic E-state index is 13.1. The number of β-amino-alcohol motifs (C(OH)–C–C–N with tert-alkyl or cyclic N) is 1. The van der Waals surface area contributed by atoms with Gasteiger partial charge in [0.05, 0.1) is 6.10 Å². The number of carboxylic acids is 1. The Labute approximate surface area is 169 Å². The van der Waals surface area contributed by atoms with Gasteiger partial charge in [0.25, 0.3) is 5.88 Å². The van der Waals surface area contributed by atoms with Gasteiger partial charge >= 0.3 is 5.97 Å². The minimum absolute atomic E-state index is 0.00685. The standard InChI is InChI=1S/C19H30N2O8/c1-5-26-16(27-6-2)10-28-15-8-14(29-20-15)17(11(3)4)18(23)21-9-12(22)7-13(21)19(24)25/h8,11-13,16-17,22H,5-7,9-10H2,1-4H3,(H,24,25)/t12-,13-,17-/m1/s1. The number of nitrogens with zero attached hydrogens (tertiary/aromatic N) is 2. The van der Waals surface area contributed by atoms with Gasteiger partial charge in [0.1, 0.15) is 18.6 Å². The molecule has 10 heteroatoms. The van der Waals surface area contributed by atoms with Crippen LogP contribution in [-0.2, 0) is 19.1 Å². The highest BCUT2D eigenvalue weighted by atomic mass is 16.7. The summed E-state index contributed by atoms with van der Waals surface area (Å²) in [5, 5.41) is 23.1. The number of hydrogen-bond donors (Lipinski definition) is 2. The van der Waals surface area contributed by atoms with Gasteiger partial charge in [-0.3, -0.25) is 4.79 Å². The zero-order chi connectivity index (χ0) is 21.6. The summed E-state index contributed by atoms with van der Waals surface area (Å²) in [4.78, 5) is 25.7. The summed E-state index contributed by atoms with van der Waals surface area (Å²) in [7, 11) is 0. The quantitative estimate of drug-likeness (QED) is 0.513. The van der Waals surface area contributed by atoms with Crippen LogP contribution < -0.4 is 4.74 Å². The van der Waals surface area contributed by atoms with Crippen LogP contribution in [0.3, 0.4) is 0 Å². The van der Waals surface area contributed by atoms with E-state index in [-0.39, 0.29) is 37.1 Å². The van der Waals surface area contributed by atoms with Crippen molar-refractivity contribution >= 4 is 11.9 Å². The molecule has 1 fully saturated rings. The lowest BCUT2D eigenvalue weighted by molar-refractivity contribution is -0.153. The topological polar surface area (TPSA) is 132 Å². The number of likely N-dealkylation sites (tertiary alicyclic amines) is 1. The Kier molecular flexibility index (Phi) is 8.42. The number of aromatic nitrogens is 1. The van der Waals surface area contributed by atoms with E-state index < -0.39 is 36.2 Å². The highest BCUT2D eigenvalue weighted by molar-refractivity contribution is 5.88. The second kappa shape index (κ2) is 10.6. The maximum absolute atomic E-state index is 13.1. The molecule has 0 saturated carbocycles. The van der Waals surface area contributed by atoms with Crippen LogP contribution in [0.25, 0.3) is 0 Å². The van der Waals surface area contributed by atoms with E-state index >= 15 is 0 Å². The zero-order valence-electron chi connectivity index (χ0n) is 17.2. The molecule has 0 bridgehead atoms. The van der Waals surface area contributed by atoms with Gasteiger partial charge in [0, 0.05) is 32.2 Å². The molecular formula is C19H30N2O8. The second-order valence-electron chi connectivity index (χ2n) is 7.17. The first kappa shape index (κ1) is 23.1. The summed E-state index contributed by atoms with van der Waals surface area (Å²) in [6.45, 7) is 8.36. The van der Waals surface area contributed by atoms with E-state index in [9.17, 15) is 19.8 Å². The zero-order valence-corrected chi connectivity index (χ0v) is 17.2. The largest absolute Gasteiger partial charge is 0.480 e. The number of carboxylic acid groups (broad SMARTS) is 1. The van der Waals surface area contributed by atoms with Gasteiger partial charge in [-0.15, -0.1) is 0 Å². The first-order valence-corrected chi connectivity index (χ1v) is 9.82. The Morgan fingerprint density at radius 2 is 1.97 bits per heavy atom. The third-order valence-electron chi connectivity index (χ3n) is 4.67. The second-order valence-corrected chi connectivity index (χ2v) is 7.17. The lowest BCUT2D eigenvalue weighted by Crippen LogP contribution is -2.44. The fraction of sp³-hybridized carbons (Fsp3) is 0.737. The number of carbonyl (C=O) groups is 2. The predicted octanol–water partition coefficient (Wildman–Crippen LogP) is 1.24. The van der Waals surface area contributed by atoms with E-state index in [1.54, 1.807) is 0 Å². The molecule has 0 spiro atoms. The predicted molar refractivity (Wildman–Crippen MR) is 100 cm³/mol. The van der Waals surface area contributed by atoms with Crippen molar-refractivity contribution in [3.63, 3.8) is 0 Å². The van der Waals surface area contributed by atoms with Crippen LogP contribution in [-0.4, -0.2) is 76.9 Å². The SMILES string of the molecule is CCOC(COc1cc([C@H](C(=O)N2C[C@H](O)C[C@@H]2C(=O)O)C(C)C)on1)OCC. The number of ether oxygens (including phenoxy) is 3. The summed E-state index contributed by atoms with van der Waals surface area (Å²) < 4.78 is 21.7. The Morgan fingerprint density at radius 1 is 1.31 bits per heavy atom. The van der Waals surface area contributed by atoms with E-state index in [0.717, 1.165) is 0 Å². The molecule has 2 N–H and O–H groups in total. The lowest BCUT2D eigenvalue weighted by atomic mass is 9.91. The first-order chi connectivity index (χ1) is 13.8. The highest BCUT2D eigenvalue weighted by Gasteiger charge is 2.43. The molecule has 1 aromatic heterocycles. The minimum atomic E-state index is -1.14. The first-order valence-electron chi connectivity index (χ1n) is 9.82. The fourth-order valence-corrected chi connectivity index (χ4v) is 3.36. The number of carbonyl (C=O) groups excluding carboxylic acids is 1. The van der Waals surface area contributed by atoms with Crippen molar-refractivity contribution in [2.75, 3.05) is 26.4 Å². The van der Waals surface area contributed by atoms with Crippen molar-refractivity contribution in [3.8, 4) is 5.88 Å². The van der Waals surface area contributed by atoms with Gasteiger partial charge in [-0.25, -0.2) is 4.79 Å². The maximum Gasteiger partial charge on any atom is 0.326 e. The van der Waals surface area contributed by atoms with Crippen LogP contribution in [0.5, 0.6) is 5.88 Å². The van der Waals surface area contributed by atoms with Crippen LogP contribution in [0.1, 0.15) is 45.8 Å². The van der Waals surface area contributed by atoms with Crippen LogP contribution in [0, 0.1) is 5.92 Å². The summed E-state index contributed by atoms with van der Waals surface area (Å²) in [6.07, 6.45) is -1.40. The third-order valence-corrected chi connectivity index (χ3v) is 4.67. The van der Waals surface area contributed by atoms with Crippen molar-refractivity contribution in [2.24, 2.45) is 5.92 Å². The molecule has 0 aromatic carbocycles. The van der Waals surface area contributed by atoms with Crippen LogP contribution in [0.2, 0.25) is 0 Å². The van der Waals surface area contributed by atoms with Crippen molar-refractivity contribution in [2.45, 2.75) is 58.5 Å². The number of hydrogen-bond acceptors (Lipinski definition) is 8. The average Bonchev–Trinajstić information content (AvgIpc) is 3.26. The molecule has 0 aliphatic carbocycles. The van der Waals surface area contributed by atoms with Gasteiger partial charge in [0.15, 0.2) is 12.1 Å². The Morgan fingerprint density at radius 3 is 2.52 bits per heavy atom. The normalized spacial score (nSPS) is 20.4. The molecule has 1 amide bonds. The smallest absolute Gasteiger partial charge is 0.326 e. The van der Waals surface area contributed by atoms with Crippen LogP contribution >= 0.6 is 0 Å². The molecule has 1 aliphatic rings. The minimum Gasteiger partial charge on any atom is -0.480 e. The summed E-state index contributed by atoms with van der Waals surface area (Å²) in [5.41, 5.74) is 0.